The molecular formula is C18H26O. The Morgan fingerprint density at radius 1 is 1.21 bits per heavy atom. The molecule has 0 saturated carbocycles. The topological polar surface area (TPSA) is 9.23 Å². The summed E-state index contributed by atoms with van der Waals surface area (Å²) in [6.45, 7) is 3.19. The number of ether oxygens (including phenoxy) is 1. The number of hydrogen-bond acceptors (Lipinski definition) is 1. The van der Waals surface area contributed by atoms with Crippen molar-refractivity contribution in [1.29, 1.82) is 0 Å². The summed E-state index contributed by atoms with van der Waals surface area (Å²) in [6, 6.07) is 10.8. The molecule has 0 aliphatic carbocycles. The molecule has 104 valence electrons. The van der Waals surface area contributed by atoms with Gasteiger partial charge in [-0.05, 0) is 36.8 Å². The van der Waals surface area contributed by atoms with E-state index in [4.69, 9.17) is 4.74 Å². The minimum absolute atomic E-state index is 0.349. The van der Waals surface area contributed by atoms with Crippen molar-refractivity contribution in [1.82, 2.24) is 0 Å². The van der Waals surface area contributed by atoms with Gasteiger partial charge in [-0.1, -0.05) is 62.6 Å². The molecule has 1 aliphatic heterocycles. The van der Waals surface area contributed by atoms with Gasteiger partial charge in [0, 0.05) is 6.61 Å². The van der Waals surface area contributed by atoms with Crippen molar-refractivity contribution in [2.24, 2.45) is 0 Å². The van der Waals surface area contributed by atoms with Gasteiger partial charge in [-0.2, -0.15) is 0 Å². The Bertz CT molecular complexity index is 374. The minimum atomic E-state index is 0.349. The van der Waals surface area contributed by atoms with Gasteiger partial charge in [0.25, 0.3) is 0 Å². The molecule has 0 aromatic heterocycles. The lowest BCUT2D eigenvalue weighted by Crippen LogP contribution is -2.01. The van der Waals surface area contributed by atoms with Crippen molar-refractivity contribution in [2.75, 3.05) is 6.61 Å². The van der Waals surface area contributed by atoms with Crippen molar-refractivity contribution in [3.05, 3.63) is 42.0 Å². The molecule has 1 saturated heterocycles. The van der Waals surface area contributed by atoms with Crippen LogP contribution >= 0.6 is 0 Å². The van der Waals surface area contributed by atoms with E-state index in [1.807, 2.05) is 0 Å². The molecule has 1 heterocycles. The standard InChI is InChI=1S/C18H26O/c1-2-3-4-6-12-17(15-18-13-9-14-19-18)16-10-7-5-8-11-16/h5,7-8,10-11,15,18H,2-4,6,9,12-14H2,1H3/b17-15-. The van der Waals surface area contributed by atoms with Crippen LogP contribution in [0, 0.1) is 0 Å². The molecule has 1 unspecified atom stereocenters. The third-order valence-electron chi connectivity index (χ3n) is 3.80. The average Bonchev–Trinajstić information content (AvgIpc) is 2.96. The molecular weight excluding hydrogens is 232 g/mol. The van der Waals surface area contributed by atoms with E-state index in [1.54, 1.807) is 0 Å². The Labute approximate surface area is 117 Å². The van der Waals surface area contributed by atoms with Gasteiger partial charge in [0.1, 0.15) is 0 Å². The van der Waals surface area contributed by atoms with Crippen LogP contribution in [0.3, 0.4) is 0 Å². The van der Waals surface area contributed by atoms with Gasteiger partial charge in [0.15, 0.2) is 0 Å². The fourth-order valence-corrected chi connectivity index (χ4v) is 2.68. The number of benzene rings is 1. The maximum atomic E-state index is 5.76. The van der Waals surface area contributed by atoms with Gasteiger partial charge in [-0.15, -0.1) is 0 Å². The zero-order valence-corrected chi connectivity index (χ0v) is 12.1. The zero-order valence-electron chi connectivity index (χ0n) is 12.1. The summed E-state index contributed by atoms with van der Waals surface area (Å²) in [6.07, 6.45) is 11.6. The summed E-state index contributed by atoms with van der Waals surface area (Å²) >= 11 is 0. The third kappa shape index (κ3) is 4.83. The first-order chi connectivity index (χ1) is 9.40. The lowest BCUT2D eigenvalue weighted by Gasteiger charge is -2.11. The van der Waals surface area contributed by atoms with Gasteiger partial charge in [-0.3, -0.25) is 0 Å². The van der Waals surface area contributed by atoms with Crippen LogP contribution in [0.2, 0.25) is 0 Å². The van der Waals surface area contributed by atoms with Crippen LogP contribution in [0.5, 0.6) is 0 Å². The molecule has 0 spiro atoms. The van der Waals surface area contributed by atoms with E-state index in [2.05, 4.69) is 43.3 Å². The molecule has 0 amide bonds. The molecule has 2 rings (SSSR count). The van der Waals surface area contributed by atoms with Gasteiger partial charge < -0.3 is 4.74 Å². The van der Waals surface area contributed by atoms with Crippen LogP contribution in [-0.4, -0.2) is 12.7 Å². The zero-order chi connectivity index (χ0) is 13.3. The molecule has 0 N–H and O–H groups in total. The molecule has 1 aromatic rings. The quantitative estimate of drug-likeness (QED) is 0.609. The van der Waals surface area contributed by atoms with E-state index < -0.39 is 0 Å². The highest BCUT2D eigenvalue weighted by molar-refractivity contribution is 5.65. The first-order valence-electron chi connectivity index (χ1n) is 7.78. The second kappa shape index (κ2) is 8.16. The SMILES string of the molecule is CCCCCC/C(=C/C1CCCO1)c1ccccc1. The summed E-state index contributed by atoms with van der Waals surface area (Å²) in [5, 5.41) is 0. The Hall–Kier alpha value is -1.08. The molecule has 19 heavy (non-hydrogen) atoms. The smallest absolute Gasteiger partial charge is 0.0762 e. The Morgan fingerprint density at radius 2 is 2.05 bits per heavy atom. The predicted molar refractivity (Wildman–Crippen MR) is 82.2 cm³/mol. The van der Waals surface area contributed by atoms with Crippen LogP contribution in [0.4, 0.5) is 0 Å². The molecule has 1 heteroatoms. The van der Waals surface area contributed by atoms with Gasteiger partial charge in [-0.25, -0.2) is 0 Å². The van der Waals surface area contributed by atoms with E-state index in [0.29, 0.717) is 6.10 Å². The highest BCUT2D eigenvalue weighted by Crippen LogP contribution is 2.25. The summed E-state index contributed by atoms with van der Waals surface area (Å²) in [4.78, 5) is 0. The second-order valence-electron chi connectivity index (χ2n) is 5.42. The number of allylic oxidation sites excluding steroid dienone is 1. The Balaban J connectivity index is 2.00. The van der Waals surface area contributed by atoms with Crippen LogP contribution < -0.4 is 0 Å². The summed E-state index contributed by atoms with van der Waals surface area (Å²) < 4.78 is 5.76. The van der Waals surface area contributed by atoms with Crippen LogP contribution in [0.25, 0.3) is 5.57 Å². The van der Waals surface area contributed by atoms with E-state index in [-0.39, 0.29) is 0 Å². The van der Waals surface area contributed by atoms with E-state index in [1.165, 1.54) is 56.1 Å². The first kappa shape index (κ1) is 14.3. The Kier molecular flexibility index (Phi) is 6.16. The Morgan fingerprint density at radius 3 is 2.74 bits per heavy atom. The molecule has 1 aromatic carbocycles. The maximum absolute atomic E-state index is 5.76. The van der Waals surface area contributed by atoms with Crippen LogP contribution in [0.15, 0.2) is 36.4 Å². The van der Waals surface area contributed by atoms with E-state index >= 15 is 0 Å². The number of unbranched alkanes of at least 4 members (excludes halogenated alkanes) is 3. The first-order valence-corrected chi connectivity index (χ1v) is 7.78. The van der Waals surface area contributed by atoms with E-state index in [9.17, 15) is 0 Å². The van der Waals surface area contributed by atoms with Crippen molar-refractivity contribution in [2.45, 2.75) is 58.0 Å². The normalized spacial score (nSPS) is 19.8. The predicted octanol–water partition coefficient (Wildman–Crippen LogP) is 5.22. The summed E-state index contributed by atoms with van der Waals surface area (Å²) in [7, 11) is 0. The van der Waals surface area contributed by atoms with Gasteiger partial charge in [0.05, 0.1) is 6.10 Å². The number of rotatable bonds is 7. The molecule has 1 aliphatic rings. The molecule has 0 bridgehead atoms. The average molecular weight is 258 g/mol. The maximum Gasteiger partial charge on any atom is 0.0762 e. The lowest BCUT2D eigenvalue weighted by molar-refractivity contribution is 0.146. The third-order valence-corrected chi connectivity index (χ3v) is 3.80. The van der Waals surface area contributed by atoms with Crippen molar-refractivity contribution < 1.29 is 4.74 Å². The highest BCUT2D eigenvalue weighted by atomic mass is 16.5. The van der Waals surface area contributed by atoms with Gasteiger partial charge >= 0.3 is 0 Å². The van der Waals surface area contributed by atoms with Crippen molar-refractivity contribution in [3.63, 3.8) is 0 Å². The molecule has 1 nitrogen and oxygen atoms in total. The van der Waals surface area contributed by atoms with E-state index in [0.717, 1.165) is 6.61 Å². The van der Waals surface area contributed by atoms with Crippen molar-refractivity contribution in [3.8, 4) is 0 Å². The van der Waals surface area contributed by atoms with Crippen LogP contribution in [0.1, 0.15) is 57.4 Å². The molecule has 0 radical (unpaired) electrons. The van der Waals surface area contributed by atoms with Crippen molar-refractivity contribution >= 4 is 5.57 Å². The summed E-state index contributed by atoms with van der Waals surface area (Å²) in [5.74, 6) is 0. The fourth-order valence-electron chi connectivity index (χ4n) is 2.68. The molecule has 1 atom stereocenters. The minimum Gasteiger partial charge on any atom is -0.374 e. The fraction of sp³-hybridized carbons (Fsp3) is 0.556. The molecule has 1 fully saturated rings. The van der Waals surface area contributed by atoms with Gasteiger partial charge in [0.2, 0.25) is 0 Å². The number of hydrogen-bond donors (Lipinski definition) is 0. The largest absolute Gasteiger partial charge is 0.374 e. The highest BCUT2D eigenvalue weighted by Gasteiger charge is 2.14. The monoisotopic (exact) mass is 258 g/mol. The van der Waals surface area contributed by atoms with Crippen LogP contribution in [-0.2, 0) is 4.74 Å². The summed E-state index contributed by atoms with van der Waals surface area (Å²) in [5.41, 5.74) is 2.85. The second-order valence-corrected chi connectivity index (χ2v) is 5.42. The lowest BCUT2D eigenvalue weighted by atomic mass is 9.97.